The van der Waals surface area contributed by atoms with Crippen LogP contribution in [-0.4, -0.2) is 16.5 Å². The van der Waals surface area contributed by atoms with E-state index in [-0.39, 0.29) is 11.3 Å². The van der Waals surface area contributed by atoms with Crippen LogP contribution in [0.25, 0.3) is 0 Å². The van der Waals surface area contributed by atoms with E-state index in [0.717, 1.165) is 6.07 Å². The van der Waals surface area contributed by atoms with E-state index in [4.69, 9.17) is 0 Å². The first-order chi connectivity index (χ1) is 8.97. The molecule has 1 unspecified atom stereocenters. The Balaban J connectivity index is 2.35. The van der Waals surface area contributed by atoms with Crippen molar-refractivity contribution >= 4 is 0 Å². The van der Waals surface area contributed by atoms with Crippen LogP contribution in [0, 0.1) is 0 Å². The smallest absolute Gasteiger partial charge is 0.405 e. The fourth-order valence-electron chi connectivity index (χ4n) is 1.62. The molecule has 1 aromatic carbocycles. The topological polar surface area (TPSA) is 42.4 Å². The van der Waals surface area contributed by atoms with E-state index in [0.29, 0.717) is 0 Å². The van der Waals surface area contributed by atoms with Crippen LogP contribution in [0.15, 0.2) is 48.7 Å². The highest BCUT2D eigenvalue weighted by Gasteiger charge is 2.33. The summed E-state index contributed by atoms with van der Waals surface area (Å²) in [7, 11) is 0. The van der Waals surface area contributed by atoms with Crippen LogP contribution in [0.5, 0.6) is 5.75 Å². The zero-order chi connectivity index (χ0) is 13.9. The van der Waals surface area contributed by atoms with Crippen LogP contribution in [0.1, 0.15) is 17.4 Å². The number of benzene rings is 1. The molecule has 0 saturated carbocycles. The minimum atomic E-state index is -4.81. The van der Waals surface area contributed by atoms with Crippen molar-refractivity contribution in [2.24, 2.45) is 0 Å². The van der Waals surface area contributed by atoms with Gasteiger partial charge >= 0.3 is 6.36 Å². The van der Waals surface area contributed by atoms with Gasteiger partial charge < -0.3 is 9.84 Å². The van der Waals surface area contributed by atoms with Gasteiger partial charge in [-0.2, -0.15) is 0 Å². The molecule has 0 fully saturated rings. The standard InChI is InChI=1S/C13H10F3NO2/c14-13(15,16)19-11-7-2-1-5-9(11)12(18)10-6-3-4-8-17-10/h1-8,12,18H. The minimum absolute atomic E-state index is 0.0125. The van der Waals surface area contributed by atoms with Crippen molar-refractivity contribution in [1.82, 2.24) is 4.98 Å². The summed E-state index contributed by atoms with van der Waals surface area (Å²) < 4.78 is 40.7. The second-order valence-corrected chi connectivity index (χ2v) is 3.74. The van der Waals surface area contributed by atoms with Crippen molar-refractivity contribution in [2.45, 2.75) is 12.5 Å². The molecule has 0 amide bonds. The molecule has 2 rings (SSSR count). The third-order valence-corrected chi connectivity index (χ3v) is 2.41. The molecule has 0 aliphatic carbocycles. The van der Waals surface area contributed by atoms with Crippen molar-refractivity contribution in [1.29, 1.82) is 0 Å². The fourth-order valence-corrected chi connectivity index (χ4v) is 1.62. The number of nitrogens with zero attached hydrogens (tertiary/aromatic N) is 1. The number of halogens is 3. The van der Waals surface area contributed by atoms with Gasteiger partial charge in [-0.25, -0.2) is 0 Å². The summed E-state index contributed by atoms with van der Waals surface area (Å²) in [6.45, 7) is 0. The number of hydrogen-bond donors (Lipinski definition) is 1. The molecule has 0 radical (unpaired) electrons. The normalized spacial score (nSPS) is 13.1. The third-order valence-electron chi connectivity index (χ3n) is 2.41. The van der Waals surface area contributed by atoms with E-state index in [1.807, 2.05) is 0 Å². The molecular formula is C13H10F3NO2. The Kier molecular flexibility index (Phi) is 3.71. The Hall–Kier alpha value is -2.08. The fraction of sp³-hybridized carbons (Fsp3) is 0.154. The maximum absolute atomic E-state index is 12.3. The van der Waals surface area contributed by atoms with Crippen LogP contribution in [0.2, 0.25) is 0 Å². The number of aromatic nitrogens is 1. The van der Waals surface area contributed by atoms with Crippen molar-refractivity contribution in [3.63, 3.8) is 0 Å². The predicted molar refractivity (Wildman–Crippen MR) is 61.4 cm³/mol. The first-order valence-corrected chi connectivity index (χ1v) is 5.41. The van der Waals surface area contributed by atoms with Crippen LogP contribution in [-0.2, 0) is 0 Å². The number of aliphatic hydroxyl groups is 1. The summed E-state index contributed by atoms with van der Waals surface area (Å²) in [6, 6.07) is 10.2. The summed E-state index contributed by atoms with van der Waals surface area (Å²) in [4.78, 5) is 3.91. The summed E-state index contributed by atoms with van der Waals surface area (Å²) in [5.74, 6) is -0.437. The van der Waals surface area contributed by atoms with Gasteiger partial charge in [-0.3, -0.25) is 4.98 Å². The van der Waals surface area contributed by atoms with Crippen molar-refractivity contribution in [3.8, 4) is 5.75 Å². The highest BCUT2D eigenvalue weighted by atomic mass is 19.4. The van der Waals surface area contributed by atoms with Crippen molar-refractivity contribution in [2.75, 3.05) is 0 Å². The molecular weight excluding hydrogens is 259 g/mol. The lowest BCUT2D eigenvalue weighted by atomic mass is 10.1. The molecule has 6 heteroatoms. The highest BCUT2D eigenvalue weighted by molar-refractivity contribution is 5.38. The SMILES string of the molecule is OC(c1ccccn1)c1ccccc1OC(F)(F)F. The van der Waals surface area contributed by atoms with Gasteiger partial charge in [0.2, 0.25) is 0 Å². The number of para-hydroxylation sites is 1. The Morgan fingerprint density at radius 1 is 1.05 bits per heavy atom. The molecule has 0 spiro atoms. The lowest BCUT2D eigenvalue weighted by Gasteiger charge is -2.16. The summed E-state index contributed by atoms with van der Waals surface area (Å²) in [6.07, 6.45) is -4.63. The Morgan fingerprint density at radius 3 is 2.37 bits per heavy atom. The molecule has 0 aliphatic rings. The molecule has 3 nitrogen and oxygen atoms in total. The number of alkyl halides is 3. The summed E-state index contributed by atoms with van der Waals surface area (Å²) >= 11 is 0. The molecule has 1 aromatic heterocycles. The van der Waals surface area contributed by atoms with Gasteiger partial charge in [-0.1, -0.05) is 24.3 Å². The van der Waals surface area contributed by atoms with Gasteiger partial charge in [0, 0.05) is 11.8 Å². The molecule has 2 aromatic rings. The maximum Gasteiger partial charge on any atom is 0.573 e. The molecule has 1 N–H and O–H groups in total. The number of rotatable bonds is 3. The first kappa shape index (κ1) is 13.4. The molecule has 0 aliphatic heterocycles. The van der Waals surface area contributed by atoms with Crippen molar-refractivity contribution in [3.05, 3.63) is 59.9 Å². The summed E-state index contributed by atoms with van der Waals surface area (Å²) in [5.41, 5.74) is 0.263. The molecule has 19 heavy (non-hydrogen) atoms. The van der Waals surface area contributed by atoms with Crippen LogP contribution < -0.4 is 4.74 Å². The minimum Gasteiger partial charge on any atom is -0.405 e. The molecule has 100 valence electrons. The average Bonchev–Trinajstić information content (AvgIpc) is 2.38. The first-order valence-electron chi connectivity index (χ1n) is 5.41. The van der Waals surface area contributed by atoms with E-state index >= 15 is 0 Å². The highest BCUT2D eigenvalue weighted by Crippen LogP contribution is 2.32. The van der Waals surface area contributed by atoms with Gasteiger partial charge in [-0.15, -0.1) is 13.2 Å². The van der Waals surface area contributed by atoms with Crippen molar-refractivity contribution < 1.29 is 23.0 Å². The molecule has 1 heterocycles. The van der Waals surface area contributed by atoms with Gasteiger partial charge in [0.1, 0.15) is 11.9 Å². The summed E-state index contributed by atoms with van der Waals surface area (Å²) in [5, 5.41) is 10.1. The molecule has 1 atom stereocenters. The van der Waals surface area contributed by atoms with Crippen LogP contribution in [0.3, 0.4) is 0 Å². The second kappa shape index (κ2) is 5.27. The predicted octanol–water partition coefficient (Wildman–Crippen LogP) is 3.06. The average molecular weight is 269 g/mol. The Morgan fingerprint density at radius 2 is 1.74 bits per heavy atom. The lowest BCUT2D eigenvalue weighted by Crippen LogP contribution is -2.19. The quantitative estimate of drug-likeness (QED) is 0.931. The second-order valence-electron chi connectivity index (χ2n) is 3.74. The monoisotopic (exact) mass is 269 g/mol. The maximum atomic E-state index is 12.3. The third kappa shape index (κ3) is 3.45. The molecule has 0 bridgehead atoms. The van der Waals surface area contributed by atoms with Gasteiger partial charge in [0.05, 0.1) is 5.69 Å². The zero-order valence-corrected chi connectivity index (χ0v) is 9.63. The van der Waals surface area contributed by atoms with E-state index in [1.54, 1.807) is 12.1 Å². The van der Waals surface area contributed by atoms with E-state index < -0.39 is 18.2 Å². The molecule has 0 saturated heterocycles. The van der Waals surface area contributed by atoms with Crippen LogP contribution in [0.4, 0.5) is 13.2 Å². The van der Waals surface area contributed by atoms with Gasteiger partial charge in [-0.05, 0) is 18.2 Å². The lowest BCUT2D eigenvalue weighted by molar-refractivity contribution is -0.275. The Bertz CT molecular complexity index is 543. The Labute approximate surface area is 107 Å². The largest absolute Gasteiger partial charge is 0.573 e. The van der Waals surface area contributed by atoms with Gasteiger partial charge in [0.15, 0.2) is 0 Å². The number of pyridine rings is 1. The van der Waals surface area contributed by atoms with E-state index in [2.05, 4.69) is 9.72 Å². The number of ether oxygens (including phenoxy) is 1. The van der Waals surface area contributed by atoms with Crippen LogP contribution >= 0.6 is 0 Å². The van der Waals surface area contributed by atoms with E-state index in [9.17, 15) is 18.3 Å². The van der Waals surface area contributed by atoms with Gasteiger partial charge in [0.25, 0.3) is 0 Å². The number of hydrogen-bond acceptors (Lipinski definition) is 3. The zero-order valence-electron chi connectivity index (χ0n) is 9.63. The number of aliphatic hydroxyl groups excluding tert-OH is 1. The van der Waals surface area contributed by atoms with E-state index in [1.165, 1.54) is 30.5 Å².